The quantitative estimate of drug-likeness (QED) is 0.825. The predicted molar refractivity (Wildman–Crippen MR) is 83.0 cm³/mol. The summed E-state index contributed by atoms with van der Waals surface area (Å²) in [6.45, 7) is 1.30. The number of halogens is 1. The topological polar surface area (TPSA) is 52.9 Å². The van der Waals surface area contributed by atoms with Gasteiger partial charge in [0, 0.05) is 6.54 Å². The maximum atomic E-state index is 5.43. The Morgan fingerprint density at radius 2 is 1.67 bits per heavy atom. The summed E-state index contributed by atoms with van der Waals surface area (Å²) in [5.74, 6) is 2.76. The van der Waals surface area contributed by atoms with E-state index >= 15 is 0 Å². The summed E-state index contributed by atoms with van der Waals surface area (Å²) in [6, 6.07) is 7.64. The lowest BCUT2D eigenvalue weighted by Gasteiger charge is -2.14. The molecule has 0 radical (unpaired) electrons. The summed E-state index contributed by atoms with van der Waals surface area (Å²) in [6.07, 6.45) is 0. The molecule has 0 unspecified atom stereocenters. The fourth-order valence-corrected chi connectivity index (χ4v) is 2.35. The number of hydrogen-bond acceptors (Lipinski definition) is 5. The van der Waals surface area contributed by atoms with Crippen molar-refractivity contribution in [2.45, 2.75) is 13.1 Å². The number of ether oxygens (including phenoxy) is 3. The van der Waals surface area contributed by atoms with Crippen LogP contribution in [0.1, 0.15) is 11.3 Å². The number of methoxy groups -OCH3 is 3. The van der Waals surface area contributed by atoms with Crippen LogP contribution in [0.3, 0.4) is 0 Å². The molecular weight excluding hydrogens is 338 g/mol. The highest BCUT2D eigenvalue weighted by molar-refractivity contribution is 9.10. The van der Waals surface area contributed by atoms with Crippen LogP contribution in [0.2, 0.25) is 0 Å². The van der Waals surface area contributed by atoms with Crippen molar-refractivity contribution in [1.82, 2.24) is 5.32 Å². The molecule has 1 aromatic carbocycles. The molecule has 0 fully saturated rings. The number of rotatable bonds is 7. The van der Waals surface area contributed by atoms with E-state index in [1.165, 1.54) is 0 Å². The molecule has 0 bridgehead atoms. The van der Waals surface area contributed by atoms with Crippen LogP contribution in [0.5, 0.6) is 17.2 Å². The first-order valence-electron chi connectivity index (χ1n) is 6.41. The first-order chi connectivity index (χ1) is 10.2. The van der Waals surface area contributed by atoms with Crippen LogP contribution < -0.4 is 19.5 Å². The molecule has 0 aliphatic rings. The van der Waals surface area contributed by atoms with E-state index < -0.39 is 0 Å². The average Bonchev–Trinajstić information content (AvgIpc) is 2.91. The Hall–Kier alpha value is -1.66. The van der Waals surface area contributed by atoms with E-state index in [0.29, 0.717) is 30.3 Å². The van der Waals surface area contributed by atoms with Crippen molar-refractivity contribution in [2.75, 3.05) is 21.3 Å². The minimum Gasteiger partial charge on any atom is -0.493 e. The van der Waals surface area contributed by atoms with Crippen molar-refractivity contribution in [3.8, 4) is 17.2 Å². The zero-order valence-electron chi connectivity index (χ0n) is 12.2. The lowest BCUT2D eigenvalue weighted by molar-refractivity contribution is 0.323. The second-order valence-electron chi connectivity index (χ2n) is 4.34. The fraction of sp³-hybridized carbons (Fsp3) is 0.333. The first-order valence-corrected chi connectivity index (χ1v) is 7.21. The number of nitrogens with one attached hydrogen (secondary N) is 1. The molecule has 2 rings (SSSR count). The Morgan fingerprint density at radius 3 is 2.14 bits per heavy atom. The zero-order valence-corrected chi connectivity index (χ0v) is 13.8. The van der Waals surface area contributed by atoms with Crippen molar-refractivity contribution >= 4 is 15.9 Å². The lowest BCUT2D eigenvalue weighted by Crippen LogP contribution is -2.12. The van der Waals surface area contributed by atoms with Crippen LogP contribution in [0.15, 0.2) is 33.4 Å². The molecule has 0 saturated heterocycles. The maximum absolute atomic E-state index is 5.43. The molecule has 5 nitrogen and oxygen atoms in total. The molecule has 0 aliphatic carbocycles. The summed E-state index contributed by atoms with van der Waals surface area (Å²) in [5.41, 5.74) is 1.04. The van der Waals surface area contributed by atoms with Crippen LogP contribution in [-0.2, 0) is 13.1 Å². The molecule has 0 saturated carbocycles. The zero-order chi connectivity index (χ0) is 15.2. The van der Waals surface area contributed by atoms with Gasteiger partial charge >= 0.3 is 0 Å². The van der Waals surface area contributed by atoms with Gasteiger partial charge in [0.2, 0.25) is 5.75 Å². The summed E-state index contributed by atoms with van der Waals surface area (Å²) < 4.78 is 22.1. The highest BCUT2D eigenvalue weighted by Gasteiger charge is 2.13. The van der Waals surface area contributed by atoms with Crippen molar-refractivity contribution < 1.29 is 18.6 Å². The molecule has 1 heterocycles. The van der Waals surface area contributed by atoms with Gasteiger partial charge in [-0.3, -0.25) is 0 Å². The normalized spacial score (nSPS) is 10.5. The fourth-order valence-electron chi connectivity index (χ4n) is 2.01. The van der Waals surface area contributed by atoms with Crippen molar-refractivity contribution in [3.05, 3.63) is 40.3 Å². The van der Waals surface area contributed by atoms with Gasteiger partial charge in [-0.15, -0.1) is 0 Å². The van der Waals surface area contributed by atoms with Gasteiger partial charge in [0.05, 0.1) is 27.9 Å². The highest BCUT2D eigenvalue weighted by Crippen LogP contribution is 2.38. The Bertz CT molecular complexity index is 572. The first kappa shape index (κ1) is 15.7. The van der Waals surface area contributed by atoms with Crippen LogP contribution in [-0.4, -0.2) is 21.3 Å². The van der Waals surface area contributed by atoms with Crippen LogP contribution >= 0.6 is 15.9 Å². The average molecular weight is 356 g/mol. The van der Waals surface area contributed by atoms with Gasteiger partial charge in [0.1, 0.15) is 5.76 Å². The number of hydrogen-bond donors (Lipinski definition) is 1. The van der Waals surface area contributed by atoms with Crippen molar-refractivity contribution in [3.63, 3.8) is 0 Å². The minimum atomic E-state index is 0.596. The maximum Gasteiger partial charge on any atom is 0.203 e. The summed E-state index contributed by atoms with van der Waals surface area (Å²) in [5, 5.41) is 3.30. The Labute approximate surface area is 132 Å². The summed E-state index contributed by atoms with van der Waals surface area (Å²) >= 11 is 3.28. The Morgan fingerprint density at radius 1 is 1.00 bits per heavy atom. The van der Waals surface area contributed by atoms with Gasteiger partial charge in [0.15, 0.2) is 16.2 Å². The molecule has 0 atom stereocenters. The second-order valence-corrected chi connectivity index (χ2v) is 5.12. The Balaban J connectivity index is 2.05. The van der Waals surface area contributed by atoms with E-state index in [-0.39, 0.29) is 0 Å². The lowest BCUT2D eigenvalue weighted by atomic mass is 10.1. The number of benzene rings is 1. The van der Waals surface area contributed by atoms with Gasteiger partial charge in [0.25, 0.3) is 0 Å². The third-order valence-corrected chi connectivity index (χ3v) is 3.41. The molecule has 1 N–H and O–H groups in total. The SMILES string of the molecule is COc1cc(CNCc2ccc(Br)o2)cc(OC)c1OC. The van der Waals surface area contributed by atoms with Gasteiger partial charge in [-0.1, -0.05) is 0 Å². The molecule has 1 aromatic heterocycles. The molecular formula is C15H18BrNO4. The van der Waals surface area contributed by atoms with Crippen molar-refractivity contribution in [2.24, 2.45) is 0 Å². The molecule has 0 spiro atoms. The largest absolute Gasteiger partial charge is 0.493 e. The second kappa shape index (κ2) is 7.38. The van der Waals surface area contributed by atoms with Gasteiger partial charge in [-0.2, -0.15) is 0 Å². The van der Waals surface area contributed by atoms with E-state index in [4.69, 9.17) is 18.6 Å². The third kappa shape index (κ3) is 3.92. The van der Waals surface area contributed by atoms with E-state index in [1.54, 1.807) is 21.3 Å². The van der Waals surface area contributed by atoms with E-state index in [1.807, 2.05) is 24.3 Å². The monoisotopic (exact) mass is 355 g/mol. The van der Waals surface area contributed by atoms with Crippen LogP contribution in [0.25, 0.3) is 0 Å². The Kier molecular flexibility index (Phi) is 5.52. The smallest absolute Gasteiger partial charge is 0.203 e. The molecule has 2 aromatic rings. The number of furan rings is 1. The van der Waals surface area contributed by atoms with Gasteiger partial charge in [-0.05, 0) is 45.8 Å². The highest BCUT2D eigenvalue weighted by atomic mass is 79.9. The predicted octanol–water partition coefficient (Wildman–Crippen LogP) is 3.36. The minimum absolute atomic E-state index is 0.596. The van der Waals surface area contributed by atoms with Gasteiger partial charge in [-0.25, -0.2) is 0 Å². The summed E-state index contributed by atoms with van der Waals surface area (Å²) in [4.78, 5) is 0. The molecule has 114 valence electrons. The van der Waals surface area contributed by atoms with Crippen LogP contribution in [0, 0.1) is 0 Å². The summed E-state index contributed by atoms with van der Waals surface area (Å²) in [7, 11) is 4.80. The van der Waals surface area contributed by atoms with Crippen LogP contribution in [0.4, 0.5) is 0 Å². The van der Waals surface area contributed by atoms with E-state index in [2.05, 4.69) is 21.2 Å². The van der Waals surface area contributed by atoms with E-state index in [0.717, 1.165) is 16.0 Å². The molecule has 6 heteroatoms. The molecule has 0 amide bonds. The van der Waals surface area contributed by atoms with E-state index in [9.17, 15) is 0 Å². The molecule has 0 aliphatic heterocycles. The standard InChI is InChI=1S/C15H18BrNO4/c1-18-12-6-10(7-13(19-2)15(12)20-3)8-17-9-11-4-5-14(16)21-11/h4-7,17H,8-9H2,1-3H3. The molecule has 21 heavy (non-hydrogen) atoms. The third-order valence-electron chi connectivity index (χ3n) is 2.98. The van der Waals surface area contributed by atoms with Gasteiger partial charge < -0.3 is 23.9 Å². The van der Waals surface area contributed by atoms with Crippen molar-refractivity contribution in [1.29, 1.82) is 0 Å².